The average Bonchev–Trinajstić information content (AvgIpc) is 3.07. The van der Waals surface area contributed by atoms with Gasteiger partial charge in [-0.05, 0) is 80.5 Å². The molecule has 4 aliphatic carbocycles. The smallest absolute Gasteiger partial charge is 0.272 e. The number of rotatable bonds is 3. The summed E-state index contributed by atoms with van der Waals surface area (Å²) in [5.41, 5.74) is 1.43. The van der Waals surface area contributed by atoms with Crippen LogP contribution in [-0.4, -0.2) is 20.8 Å². The number of imidazole rings is 1. The summed E-state index contributed by atoms with van der Waals surface area (Å²) >= 11 is 0. The molecule has 1 aromatic carbocycles. The van der Waals surface area contributed by atoms with Crippen LogP contribution in [0.4, 0.5) is 4.39 Å². The van der Waals surface area contributed by atoms with Gasteiger partial charge >= 0.3 is 0 Å². The van der Waals surface area contributed by atoms with E-state index in [1.165, 1.54) is 25.3 Å². The normalized spacial score (nSPS) is 30.0. The van der Waals surface area contributed by atoms with E-state index in [9.17, 15) is 9.18 Å². The SMILES string of the molecule is O=C(NC12CC3CC(CC(C3)C1)C2)c1nc(-c2ccccc2F)n2ccccc12. The van der Waals surface area contributed by atoms with Crippen molar-refractivity contribution in [2.75, 3.05) is 0 Å². The topological polar surface area (TPSA) is 46.4 Å². The third kappa shape index (κ3) is 2.70. The standard InChI is InChI=1S/C24H24FN3O/c25-19-6-2-1-5-18(19)22-26-21(20-7-3-4-8-28(20)22)23(29)27-24-12-15-9-16(13-24)11-17(10-15)14-24/h1-8,15-17H,9-14H2,(H,27,29). The van der Waals surface area contributed by atoms with Gasteiger partial charge in [-0.1, -0.05) is 18.2 Å². The molecular formula is C24H24FN3O. The second kappa shape index (κ2) is 6.15. The molecule has 4 aliphatic rings. The third-order valence-electron chi connectivity index (χ3n) is 7.30. The van der Waals surface area contributed by atoms with E-state index in [1.54, 1.807) is 18.2 Å². The predicted octanol–water partition coefficient (Wildman–Crippen LogP) is 4.84. The maximum absolute atomic E-state index is 14.4. The number of hydrogen-bond donors (Lipinski definition) is 1. The molecule has 29 heavy (non-hydrogen) atoms. The molecule has 0 spiro atoms. The molecule has 4 fully saturated rings. The summed E-state index contributed by atoms with van der Waals surface area (Å²) in [5, 5.41) is 3.40. The van der Waals surface area contributed by atoms with E-state index in [1.807, 2.05) is 28.8 Å². The molecule has 2 aromatic heterocycles. The lowest BCUT2D eigenvalue weighted by atomic mass is 9.53. The van der Waals surface area contributed by atoms with Crippen LogP contribution in [0.1, 0.15) is 49.0 Å². The van der Waals surface area contributed by atoms with Crippen LogP contribution in [0.3, 0.4) is 0 Å². The molecule has 0 saturated heterocycles. The number of pyridine rings is 1. The fraction of sp³-hybridized carbons (Fsp3) is 0.417. The van der Waals surface area contributed by atoms with E-state index in [-0.39, 0.29) is 17.3 Å². The Hall–Kier alpha value is -2.69. The van der Waals surface area contributed by atoms with E-state index in [0.29, 0.717) is 22.6 Å². The van der Waals surface area contributed by atoms with E-state index in [2.05, 4.69) is 10.3 Å². The first kappa shape index (κ1) is 17.2. The van der Waals surface area contributed by atoms with Crippen molar-refractivity contribution in [3.63, 3.8) is 0 Å². The Labute approximate surface area is 169 Å². The average molecular weight is 389 g/mol. The highest BCUT2D eigenvalue weighted by Crippen LogP contribution is 2.55. The van der Waals surface area contributed by atoms with Gasteiger partial charge in [0.1, 0.15) is 11.6 Å². The van der Waals surface area contributed by atoms with Gasteiger partial charge in [-0.15, -0.1) is 0 Å². The molecule has 7 rings (SSSR count). The molecule has 0 unspecified atom stereocenters. The summed E-state index contributed by atoms with van der Waals surface area (Å²) < 4.78 is 16.3. The molecule has 148 valence electrons. The van der Waals surface area contributed by atoms with Crippen molar-refractivity contribution in [1.82, 2.24) is 14.7 Å². The molecule has 1 amide bonds. The zero-order chi connectivity index (χ0) is 19.6. The van der Waals surface area contributed by atoms with E-state index in [0.717, 1.165) is 37.0 Å². The summed E-state index contributed by atoms with van der Waals surface area (Å²) in [5.74, 6) is 2.28. The quantitative estimate of drug-likeness (QED) is 0.697. The molecule has 0 aliphatic heterocycles. The van der Waals surface area contributed by atoms with Gasteiger partial charge in [-0.2, -0.15) is 0 Å². The minimum absolute atomic E-state index is 0.0747. The van der Waals surface area contributed by atoms with Crippen LogP contribution >= 0.6 is 0 Å². The number of nitrogens with zero attached hydrogens (tertiary/aromatic N) is 2. The number of nitrogens with one attached hydrogen (secondary N) is 1. The Morgan fingerprint density at radius 1 is 1.00 bits per heavy atom. The Balaban J connectivity index is 1.39. The van der Waals surface area contributed by atoms with Crippen LogP contribution in [0.5, 0.6) is 0 Å². The lowest BCUT2D eigenvalue weighted by molar-refractivity contribution is -0.0167. The number of carbonyl (C=O) groups is 1. The minimum atomic E-state index is -0.337. The number of aromatic nitrogens is 2. The number of benzene rings is 1. The van der Waals surface area contributed by atoms with Crippen molar-refractivity contribution < 1.29 is 9.18 Å². The maximum Gasteiger partial charge on any atom is 0.272 e. The molecule has 1 N–H and O–H groups in total. The Morgan fingerprint density at radius 3 is 2.34 bits per heavy atom. The predicted molar refractivity (Wildman–Crippen MR) is 109 cm³/mol. The molecule has 0 atom stereocenters. The third-order valence-corrected chi connectivity index (χ3v) is 7.30. The van der Waals surface area contributed by atoms with Crippen LogP contribution in [0.2, 0.25) is 0 Å². The first-order valence-corrected chi connectivity index (χ1v) is 10.6. The number of hydrogen-bond acceptors (Lipinski definition) is 2. The van der Waals surface area contributed by atoms with Gasteiger partial charge in [-0.25, -0.2) is 9.37 Å². The molecule has 4 nitrogen and oxygen atoms in total. The Morgan fingerprint density at radius 2 is 1.66 bits per heavy atom. The number of amides is 1. The van der Waals surface area contributed by atoms with Crippen molar-refractivity contribution in [3.05, 3.63) is 60.2 Å². The zero-order valence-electron chi connectivity index (χ0n) is 16.3. The van der Waals surface area contributed by atoms with Gasteiger partial charge in [-0.3, -0.25) is 9.20 Å². The van der Waals surface area contributed by atoms with E-state index < -0.39 is 0 Å². The number of fused-ring (bicyclic) bond motifs is 1. The highest BCUT2D eigenvalue weighted by atomic mass is 19.1. The Bertz CT molecular complexity index is 1080. The van der Waals surface area contributed by atoms with Gasteiger partial charge in [0, 0.05) is 11.7 Å². The van der Waals surface area contributed by atoms with Crippen molar-refractivity contribution in [1.29, 1.82) is 0 Å². The van der Waals surface area contributed by atoms with Crippen LogP contribution < -0.4 is 5.32 Å². The van der Waals surface area contributed by atoms with Gasteiger partial charge in [0.15, 0.2) is 5.69 Å². The Kier molecular flexibility index (Phi) is 3.65. The van der Waals surface area contributed by atoms with Gasteiger partial charge in [0.25, 0.3) is 5.91 Å². The first-order valence-electron chi connectivity index (χ1n) is 10.6. The molecular weight excluding hydrogens is 365 g/mol. The van der Waals surface area contributed by atoms with E-state index >= 15 is 0 Å². The fourth-order valence-electron chi connectivity index (χ4n) is 6.60. The lowest BCUT2D eigenvalue weighted by Gasteiger charge is -2.56. The molecule has 0 radical (unpaired) electrons. The molecule has 4 saturated carbocycles. The highest BCUT2D eigenvalue weighted by molar-refractivity contribution is 6.00. The highest BCUT2D eigenvalue weighted by Gasteiger charge is 2.51. The summed E-state index contributed by atoms with van der Waals surface area (Å²) in [4.78, 5) is 18.0. The summed E-state index contributed by atoms with van der Waals surface area (Å²) in [6.07, 6.45) is 9.12. The van der Waals surface area contributed by atoms with Crippen LogP contribution in [0, 0.1) is 23.6 Å². The first-order chi connectivity index (χ1) is 14.1. The number of halogens is 1. The van der Waals surface area contributed by atoms with Crippen LogP contribution in [0.25, 0.3) is 16.9 Å². The second-order valence-corrected chi connectivity index (χ2v) is 9.37. The maximum atomic E-state index is 14.4. The molecule has 5 heteroatoms. The van der Waals surface area contributed by atoms with Crippen molar-refractivity contribution in [2.45, 2.75) is 44.1 Å². The van der Waals surface area contributed by atoms with E-state index in [4.69, 9.17) is 0 Å². The van der Waals surface area contributed by atoms with Crippen molar-refractivity contribution in [2.24, 2.45) is 17.8 Å². The summed E-state index contributed by atoms with van der Waals surface area (Å²) in [6.45, 7) is 0. The fourth-order valence-corrected chi connectivity index (χ4v) is 6.60. The zero-order valence-corrected chi connectivity index (χ0v) is 16.3. The molecule has 3 aromatic rings. The summed E-state index contributed by atoms with van der Waals surface area (Å²) in [7, 11) is 0. The van der Waals surface area contributed by atoms with Gasteiger partial charge < -0.3 is 5.32 Å². The van der Waals surface area contributed by atoms with Crippen molar-refractivity contribution in [3.8, 4) is 11.4 Å². The van der Waals surface area contributed by atoms with Crippen LogP contribution in [0.15, 0.2) is 48.7 Å². The minimum Gasteiger partial charge on any atom is -0.345 e. The van der Waals surface area contributed by atoms with Crippen LogP contribution in [-0.2, 0) is 0 Å². The molecule has 2 heterocycles. The van der Waals surface area contributed by atoms with Gasteiger partial charge in [0.05, 0.1) is 11.1 Å². The second-order valence-electron chi connectivity index (χ2n) is 9.37. The monoisotopic (exact) mass is 389 g/mol. The number of carbonyl (C=O) groups excluding carboxylic acids is 1. The molecule has 4 bridgehead atoms. The van der Waals surface area contributed by atoms with Crippen molar-refractivity contribution >= 4 is 11.4 Å². The largest absolute Gasteiger partial charge is 0.345 e. The summed E-state index contributed by atoms with van der Waals surface area (Å²) in [6, 6.07) is 12.2. The lowest BCUT2D eigenvalue weighted by Crippen LogP contribution is -2.59. The van der Waals surface area contributed by atoms with Gasteiger partial charge in [0.2, 0.25) is 0 Å².